The standard InChI is InChI=1S/C16H14Cl2F2N2O3/c1-25-14(15-12(17)5-21-6-13(15)18)8-22(16(23)24)7-9-2-10(19)4-11(20)3-9/h2-6,14H,7-8H2,1H3,(H,23,24). The average molecular weight is 391 g/mol. The second-order valence-electron chi connectivity index (χ2n) is 5.18. The minimum absolute atomic E-state index is 0.145. The van der Waals surface area contributed by atoms with E-state index in [9.17, 15) is 18.7 Å². The first-order valence-corrected chi connectivity index (χ1v) is 7.82. The molecule has 1 aromatic carbocycles. The molecule has 0 spiro atoms. The Morgan fingerprint density at radius 1 is 1.24 bits per heavy atom. The Labute approximate surface area is 152 Å². The predicted octanol–water partition coefficient (Wildman–Crippen LogP) is 4.53. The average Bonchev–Trinajstić information content (AvgIpc) is 2.51. The molecule has 0 saturated carbocycles. The Morgan fingerprint density at radius 2 is 1.80 bits per heavy atom. The summed E-state index contributed by atoms with van der Waals surface area (Å²) in [5.74, 6) is -1.58. The van der Waals surface area contributed by atoms with Gasteiger partial charge in [-0.15, -0.1) is 0 Å². The van der Waals surface area contributed by atoms with Crippen LogP contribution >= 0.6 is 23.2 Å². The summed E-state index contributed by atoms with van der Waals surface area (Å²) in [6.07, 6.45) is 0.662. The number of methoxy groups -OCH3 is 1. The smallest absolute Gasteiger partial charge is 0.407 e. The maximum absolute atomic E-state index is 13.3. The van der Waals surface area contributed by atoms with Gasteiger partial charge in [0.25, 0.3) is 0 Å². The molecule has 0 radical (unpaired) electrons. The third-order valence-electron chi connectivity index (χ3n) is 3.45. The van der Waals surface area contributed by atoms with Gasteiger partial charge in [0.2, 0.25) is 0 Å². The Kier molecular flexibility index (Phi) is 6.52. The summed E-state index contributed by atoms with van der Waals surface area (Å²) in [7, 11) is 1.37. The number of amides is 1. The maximum Gasteiger partial charge on any atom is 0.407 e. The zero-order chi connectivity index (χ0) is 18.6. The predicted molar refractivity (Wildman–Crippen MR) is 88.8 cm³/mol. The lowest BCUT2D eigenvalue weighted by molar-refractivity contribution is 0.0588. The molecule has 0 aliphatic rings. The van der Waals surface area contributed by atoms with E-state index in [1.54, 1.807) is 0 Å². The molecule has 0 bridgehead atoms. The maximum atomic E-state index is 13.3. The van der Waals surface area contributed by atoms with Crippen molar-refractivity contribution in [3.05, 3.63) is 63.4 Å². The highest BCUT2D eigenvalue weighted by Gasteiger charge is 2.24. The quantitative estimate of drug-likeness (QED) is 0.786. The molecule has 134 valence electrons. The minimum Gasteiger partial charge on any atom is -0.465 e. The second-order valence-corrected chi connectivity index (χ2v) is 6.00. The van der Waals surface area contributed by atoms with Gasteiger partial charge in [-0.05, 0) is 17.7 Å². The largest absolute Gasteiger partial charge is 0.465 e. The summed E-state index contributed by atoms with van der Waals surface area (Å²) in [5, 5.41) is 9.85. The number of carboxylic acid groups (broad SMARTS) is 1. The molecule has 1 aromatic heterocycles. The van der Waals surface area contributed by atoms with Gasteiger partial charge in [0.1, 0.15) is 17.7 Å². The Morgan fingerprint density at radius 3 is 2.28 bits per heavy atom. The van der Waals surface area contributed by atoms with Crippen LogP contribution in [0.1, 0.15) is 17.2 Å². The first-order valence-electron chi connectivity index (χ1n) is 7.06. The van der Waals surface area contributed by atoms with Crippen LogP contribution < -0.4 is 0 Å². The summed E-state index contributed by atoms with van der Waals surface area (Å²) >= 11 is 12.2. The van der Waals surface area contributed by atoms with Crippen molar-refractivity contribution in [1.29, 1.82) is 0 Å². The fourth-order valence-electron chi connectivity index (χ4n) is 2.35. The van der Waals surface area contributed by atoms with Crippen molar-refractivity contribution < 1.29 is 23.4 Å². The molecule has 0 fully saturated rings. The van der Waals surface area contributed by atoms with Gasteiger partial charge in [0, 0.05) is 37.7 Å². The number of hydrogen-bond acceptors (Lipinski definition) is 3. The number of halogens is 4. The third-order valence-corrected chi connectivity index (χ3v) is 4.05. The topological polar surface area (TPSA) is 62.7 Å². The van der Waals surface area contributed by atoms with Crippen molar-refractivity contribution in [1.82, 2.24) is 9.88 Å². The van der Waals surface area contributed by atoms with Crippen LogP contribution in [-0.2, 0) is 11.3 Å². The molecule has 5 nitrogen and oxygen atoms in total. The number of pyridine rings is 1. The number of aromatic nitrogens is 1. The van der Waals surface area contributed by atoms with Crippen molar-refractivity contribution in [2.75, 3.05) is 13.7 Å². The Balaban J connectivity index is 2.26. The molecular formula is C16H14Cl2F2N2O3. The van der Waals surface area contributed by atoms with E-state index in [2.05, 4.69) is 4.98 Å². The molecule has 2 aromatic rings. The molecular weight excluding hydrogens is 377 g/mol. The van der Waals surface area contributed by atoms with Crippen molar-refractivity contribution in [3.8, 4) is 0 Å². The van der Waals surface area contributed by atoms with Gasteiger partial charge in [0.15, 0.2) is 0 Å². The van der Waals surface area contributed by atoms with Gasteiger partial charge in [-0.2, -0.15) is 0 Å². The molecule has 1 N–H and O–H groups in total. The lowest BCUT2D eigenvalue weighted by atomic mass is 10.1. The lowest BCUT2D eigenvalue weighted by Gasteiger charge is -2.26. The van der Waals surface area contributed by atoms with Gasteiger partial charge < -0.3 is 14.7 Å². The SMILES string of the molecule is COC(CN(Cc1cc(F)cc(F)c1)C(=O)O)c1c(Cl)cncc1Cl. The van der Waals surface area contributed by atoms with Crippen molar-refractivity contribution >= 4 is 29.3 Å². The van der Waals surface area contributed by atoms with Crippen LogP contribution in [0.15, 0.2) is 30.6 Å². The number of nitrogens with zero attached hydrogens (tertiary/aromatic N) is 2. The molecule has 0 aliphatic carbocycles. The first-order chi connectivity index (χ1) is 11.8. The first kappa shape index (κ1) is 19.4. The normalized spacial score (nSPS) is 12.0. The fraction of sp³-hybridized carbons (Fsp3) is 0.250. The van der Waals surface area contributed by atoms with Crippen molar-refractivity contribution in [3.63, 3.8) is 0 Å². The lowest BCUT2D eigenvalue weighted by Crippen LogP contribution is -2.34. The van der Waals surface area contributed by atoms with E-state index in [0.29, 0.717) is 11.6 Å². The summed E-state index contributed by atoms with van der Waals surface area (Å²) in [5.41, 5.74) is 0.555. The summed E-state index contributed by atoms with van der Waals surface area (Å²) in [4.78, 5) is 16.3. The van der Waals surface area contributed by atoms with Crippen molar-refractivity contribution in [2.45, 2.75) is 12.6 Å². The van der Waals surface area contributed by atoms with Crippen LogP contribution in [-0.4, -0.2) is 34.7 Å². The van der Waals surface area contributed by atoms with Gasteiger partial charge in [-0.25, -0.2) is 13.6 Å². The molecule has 0 aliphatic heterocycles. The minimum atomic E-state index is -1.28. The number of rotatable bonds is 6. The van der Waals surface area contributed by atoms with Gasteiger partial charge in [0.05, 0.1) is 16.6 Å². The number of hydrogen-bond donors (Lipinski definition) is 1. The van der Waals surface area contributed by atoms with Gasteiger partial charge >= 0.3 is 6.09 Å². The number of benzene rings is 1. The summed E-state index contributed by atoms with van der Waals surface area (Å²) in [6.45, 7) is -0.377. The molecule has 1 heterocycles. The van der Waals surface area contributed by atoms with E-state index < -0.39 is 23.8 Å². The molecule has 1 amide bonds. The van der Waals surface area contributed by atoms with E-state index in [1.807, 2.05) is 0 Å². The molecule has 2 rings (SSSR count). The molecule has 1 unspecified atom stereocenters. The second kappa shape index (κ2) is 8.42. The molecule has 25 heavy (non-hydrogen) atoms. The van der Waals surface area contributed by atoms with Crippen LogP contribution in [0.3, 0.4) is 0 Å². The fourth-order valence-corrected chi connectivity index (χ4v) is 2.95. The molecule has 0 saturated heterocycles. The van der Waals surface area contributed by atoms with E-state index >= 15 is 0 Å². The highest BCUT2D eigenvalue weighted by Crippen LogP contribution is 2.32. The number of ether oxygens (including phenoxy) is 1. The molecule has 1 atom stereocenters. The summed E-state index contributed by atoms with van der Waals surface area (Å²) < 4.78 is 31.9. The van der Waals surface area contributed by atoms with Crippen molar-refractivity contribution in [2.24, 2.45) is 0 Å². The highest BCUT2D eigenvalue weighted by molar-refractivity contribution is 6.35. The summed E-state index contributed by atoms with van der Waals surface area (Å²) in [6, 6.07) is 2.84. The Bertz CT molecular complexity index is 737. The zero-order valence-corrected chi connectivity index (χ0v) is 14.6. The number of carbonyl (C=O) groups is 1. The van der Waals surface area contributed by atoms with E-state index in [-0.39, 0.29) is 28.7 Å². The van der Waals surface area contributed by atoms with Crippen LogP contribution in [0.25, 0.3) is 0 Å². The van der Waals surface area contributed by atoms with Crippen LogP contribution in [0.2, 0.25) is 10.0 Å². The third kappa shape index (κ3) is 5.01. The Hall–Kier alpha value is -1.96. The van der Waals surface area contributed by atoms with E-state index in [1.165, 1.54) is 19.5 Å². The van der Waals surface area contributed by atoms with Crippen LogP contribution in [0.4, 0.5) is 13.6 Å². The van der Waals surface area contributed by atoms with E-state index in [4.69, 9.17) is 27.9 Å². The van der Waals surface area contributed by atoms with Crippen LogP contribution in [0.5, 0.6) is 0 Å². The highest BCUT2D eigenvalue weighted by atomic mass is 35.5. The van der Waals surface area contributed by atoms with Crippen LogP contribution in [0, 0.1) is 11.6 Å². The van der Waals surface area contributed by atoms with Gasteiger partial charge in [-0.3, -0.25) is 4.98 Å². The molecule has 9 heteroatoms. The monoisotopic (exact) mass is 390 g/mol. The zero-order valence-electron chi connectivity index (χ0n) is 13.0. The van der Waals surface area contributed by atoms with Gasteiger partial charge in [-0.1, -0.05) is 23.2 Å². The van der Waals surface area contributed by atoms with E-state index in [0.717, 1.165) is 17.0 Å².